The van der Waals surface area contributed by atoms with Crippen molar-refractivity contribution in [3.8, 4) is 0 Å². The molecule has 0 aliphatic carbocycles. The van der Waals surface area contributed by atoms with Crippen molar-refractivity contribution in [3.05, 3.63) is 18.2 Å². The van der Waals surface area contributed by atoms with Crippen LogP contribution >= 0.6 is 0 Å². The second-order valence-corrected chi connectivity index (χ2v) is 12.0. The predicted molar refractivity (Wildman–Crippen MR) is 165 cm³/mol. The van der Waals surface area contributed by atoms with Gasteiger partial charge in [0.05, 0.1) is 13.1 Å². The summed E-state index contributed by atoms with van der Waals surface area (Å²) >= 11 is 0. The molecule has 0 atom stereocenters. The Bertz CT molecular complexity index is 576. The lowest BCUT2D eigenvalue weighted by Crippen LogP contribution is -2.37. The molecule has 0 saturated heterocycles. The van der Waals surface area contributed by atoms with Gasteiger partial charge in [-0.3, -0.25) is 0 Å². The summed E-state index contributed by atoms with van der Waals surface area (Å²) in [6.45, 7) is 9.38. The van der Waals surface area contributed by atoms with Gasteiger partial charge < -0.3 is 0 Å². The molecule has 0 spiro atoms. The molecule has 2 nitrogen and oxygen atoms in total. The first-order valence-corrected chi connectivity index (χ1v) is 17.4. The van der Waals surface area contributed by atoms with Gasteiger partial charge in [0, 0.05) is 6.42 Å². The van der Waals surface area contributed by atoms with E-state index in [1.54, 1.807) is 5.82 Å². The standard InChI is InChI=1S/C35H69N2/c1-4-7-10-13-15-17-18-19-20-21-22-24-26-29-32-37-34-33-36(31-28-12-9-6-3)35(37)30-27-25-23-16-14-11-8-5-2/h33-34H,4-32H2,1-3H3/q+1. The Kier molecular flexibility index (Phi) is 24.8. The van der Waals surface area contributed by atoms with E-state index in [1.165, 1.54) is 186 Å². The Morgan fingerprint density at radius 1 is 0.459 bits per heavy atom. The lowest BCUT2D eigenvalue weighted by molar-refractivity contribution is -0.704. The topological polar surface area (TPSA) is 8.81 Å². The Hall–Kier alpha value is -0.790. The number of hydrogen-bond acceptors (Lipinski definition) is 0. The van der Waals surface area contributed by atoms with Crippen LogP contribution < -0.4 is 4.57 Å². The summed E-state index contributed by atoms with van der Waals surface area (Å²) in [4.78, 5) is 0. The first-order valence-electron chi connectivity index (χ1n) is 17.4. The molecule has 1 aromatic heterocycles. The molecule has 0 aliphatic heterocycles. The van der Waals surface area contributed by atoms with Gasteiger partial charge in [-0.1, -0.05) is 156 Å². The number of unbranched alkanes of at least 4 members (excludes halogenated alkanes) is 23. The van der Waals surface area contributed by atoms with Gasteiger partial charge >= 0.3 is 0 Å². The van der Waals surface area contributed by atoms with E-state index in [0.29, 0.717) is 0 Å². The normalized spacial score (nSPS) is 11.5. The third kappa shape index (κ3) is 19.9. The van der Waals surface area contributed by atoms with Crippen molar-refractivity contribution in [1.29, 1.82) is 0 Å². The molecule has 0 saturated carbocycles. The summed E-state index contributed by atoms with van der Waals surface area (Å²) in [7, 11) is 0. The molecule has 0 bridgehead atoms. The number of aryl methyl sites for hydroxylation is 2. The van der Waals surface area contributed by atoms with Crippen LogP contribution in [0.4, 0.5) is 0 Å². The molecule has 218 valence electrons. The average molecular weight is 518 g/mol. The second kappa shape index (κ2) is 26.8. The summed E-state index contributed by atoms with van der Waals surface area (Å²) in [6, 6.07) is 0. The maximum absolute atomic E-state index is 2.61. The molecule has 2 heteroatoms. The monoisotopic (exact) mass is 518 g/mol. The van der Waals surface area contributed by atoms with E-state index in [1.807, 2.05) is 0 Å². The minimum absolute atomic E-state index is 1.22. The minimum Gasteiger partial charge on any atom is -0.234 e. The summed E-state index contributed by atoms with van der Waals surface area (Å²) in [5.41, 5.74) is 0. The molecule has 0 N–H and O–H groups in total. The quantitative estimate of drug-likeness (QED) is 0.0737. The van der Waals surface area contributed by atoms with E-state index >= 15 is 0 Å². The highest BCUT2D eigenvalue weighted by Crippen LogP contribution is 2.14. The minimum atomic E-state index is 1.22. The molecule has 0 aromatic carbocycles. The Morgan fingerprint density at radius 3 is 1.30 bits per heavy atom. The van der Waals surface area contributed by atoms with Crippen LogP contribution in [-0.4, -0.2) is 4.57 Å². The fourth-order valence-electron chi connectivity index (χ4n) is 5.80. The first kappa shape index (κ1) is 34.2. The molecule has 0 unspecified atom stereocenters. The molecule has 1 aromatic rings. The van der Waals surface area contributed by atoms with Gasteiger partial charge in [-0.2, -0.15) is 0 Å². The molecular formula is C35H69N2+. The number of rotatable bonds is 29. The van der Waals surface area contributed by atoms with Crippen molar-refractivity contribution in [2.24, 2.45) is 0 Å². The van der Waals surface area contributed by atoms with Gasteiger partial charge in [0.1, 0.15) is 12.4 Å². The molecule has 0 radical (unpaired) electrons. The van der Waals surface area contributed by atoms with Crippen molar-refractivity contribution >= 4 is 0 Å². The number of hydrogen-bond donors (Lipinski definition) is 0. The molecule has 0 aliphatic rings. The van der Waals surface area contributed by atoms with E-state index in [4.69, 9.17) is 0 Å². The van der Waals surface area contributed by atoms with Crippen molar-refractivity contribution in [3.63, 3.8) is 0 Å². The summed E-state index contributed by atoms with van der Waals surface area (Å²) < 4.78 is 5.21. The second-order valence-electron chi connectivity index (χ2n) is 12.0. The summed E-state index contributed by atoms with van der Waals surface area (Å²) in [5, 5.41) is 0. The van der Waals surface area contributed by atoms with Crippen LogP contribution in [0.3, 0.4) is 0 Å². The zero-order chi connectivity index (χ0) is 26.7. The smallest absolute Gasteiger partial charge is 0.234 e. The number of nitrogens with zero attached hydrogens (tertiary/aromatic N) is 2. The molecule has 37 heavy (non-hydrogen) atoms. The highest BCUT2D eigenvalue weighted by atomic mass is 15.1. The van der Waals surface area contributed by atoms with Gasteiger partial charge in [0.15, 0.2) is 0 Å². The van der Waals surface area contributed by atoms with Crippen LogP contribution in [0.15, 0.2) is 12.4 Å². The van der Waals surface area contributed by atoms with E-state index in [0.717, 1.165) is 0 Å². The highest BCUT2D eigenvalue weighted by molar-refractivity contribution is 4.84. The van der Waals surface area contributed by atoms with Crippen molar-refractivity contribution in [2.75, 3.05) is 0 Å². The van der Waals surface area contributed by atoms with E-state index in [-0.39, 0.29) is 0 Å². The maximum Gasteiger partial charge on any atom is 0.256 e. The van der Waals surface area contributed by atoms with Crippen molar-refractivity contribution in [2.45, 2.75) is 207 Å². The van der Waals surface area contributed by atoms with Gasteiger partial charge in [0.2, 0.25) is 0 Å². The third-order valence-corrected chi connectivity index (χ3v) is 8.35. The zero-order valence-corrected chi connectivity index (χ0v) is 26.1. The zero-order valence-electron chi connectivity index (χ0n) is 26.1. The molecule has 0 amide bonds. The molecule has 1 rings (SSSR count). The van der Waals surface area contributed by atoms with Crippen molar-refractivity contribution in [1.82, 2.24) is 4.57 Å². The Balaban J connectivity index is 2.21. The number of aromatic nitrogens is 2. The highest BCUT2D eigenvalue weighted by Gasteiger charge is 2.16. The lowest BCUT2D eigenvalue weighted by atomic mass is 10.0. The lowest BCUT2D eigenvalue weighted by Gasteiger charge is -2.07. The van der Waals surface area contributed by atoms with Crippen LogP contribution in [0.2, 0.25) is 0 Å². The Morgan fingerprint density at radius 2 is 0.838 bits per heavy atom. The molecule has 1 heterocycles. The van der Waals surface area contributed by atoms with Crippen LogP contribution in [-0.2, 0) is 19.5 Å². The predicted octanol–water partition coefficient (Wildman–Crippen LogP) is 11.5. The Labute approximate surface area is 234 Å². The summed E-state index contributed by atoms with van der Waals surface area (Å²) in [5.74, 6) is 1.61. The van der Waals surface area contributed by atoms with Crippen LogP contribution in [0, 0.1) is 0 Å². The molecular weight excluding hydrogens is 448 g/mol. The third-order valence-electron chi connectivity index (χ3n) is 8.35. The molecule has 0 fully saturated rings. The SMILES string of the molecule is CCCCCCCCCCCCCCCC[n+]1ccn(CCCCCC)c1CCCCCCCCCC. The van der Waals surface area contributed by atoms with E-state index in [9.17, 15) is 0 Å². The van der Waals surface area contributed by atoms with Gasteiger partial charge in [-0.05, 0) is 32.1 Å². The van der Waals surface area contributed by atoms with Gasteiger partial charge in [-0.25, -0.2) is 9.13 Å². The van der Waals surface area contributed by atoms with Crippen molar-refractivity contribution < 1.29 is 4.57 Å². The van der Waals surface area contributed by atoms with Crippen LogP contribution in [0.5, 0.6) is 0 Å². The fraction of sp³-hybridized carbons (Fsp3) is 0.914. The first-order chi connectivity index (χ1) is 18.3. The maximum atomic E-state index is 2.61. The van der Waals surface area contributed by atoms with Gasteiger partial charge in [-0.15, -0.1) is 0 Å². The fourth-order valence-corrected chi connectivity index (χ4v) is 5.80. The van der Waals surface area contributed by atoms with Gasteiger partial charge in [0.25, 0.3) is 5.82 Å². The van der Waals surface area contributed by atoms with Crippen LogP contribution in [0.1, 0.15) is 194 Å². The van der Waals surface area contributed by atoms with E-state index in [2.05, 4.69) is 42.3 Å². The largest absolute Gasteiger partial charge is 0.256 e. The van der Waals surface area contributed by atoms with E-state index < -0.39 is 0 Å². The summed E-state index contributed by atoms with van der Waals surface area (Å²) in [6.07, 6.45) is 43.0. The average Bonchev–Trinajstić information content (AvgIpc) is 3.29. The number of imidazole rings is 1. The van der Waals surface area contributed by atoms with Crippen LogP contribution in [0.25, 0.3) is 0 Å².